The van der Waals surface area contributed by atoms with Gasteiger partial charge in [-0.3, -0.25) is 57.5 Å². The number of hydrogen-bond acceptors (Lipinski definition) is 14. The number of carbonyl (C=O) groups excluding carboxylic acids is 12. The van der Waals surface area contributed by atoms with Gasteiger partial charge in [0.2, 0.25) is 70.9 Å². The first-order valence-corrected chi connectivity index (χ1v) is 38.7. The third-order valence-electron chi connectivity index (χ3n) is 23.9. The Morgan fingerprint density at radius 3 is 1.88 bits per heavy atom. The average molecular weight is 1520 g/mol. The quantitative estimate of drug-likeness (QED) is 0.144. The molecule has 12 atom stereocenters. The second kappa shape index (κ2) is 37.6. The molecular formula is C76H121F5N12O14. The van der Waals surface area contributed by atoms with Gasteiger partial charge in [0.1, 0.15) is 72.1 Å². The molecule has 0 aromatic rings. The van der Waals surface area contributed by atoms with Gasteiger partial charge >= 0.3 is 6.18 Å². The molecular weight excluding hydrogens is 1400 g/mol. The summed E-state index contributed by atoms with van der Waals surface area (Å²) in [7, 11) is 11.1. The van der Waals surface area contributed by atoms with Crippen LogP contribution in [-0.4, -0.2) is 296 Å². The normalized spacial score (nSPS) is 32.4. The molecule has 6 fully saturated rings. The minimum atomic E-state index is -5.18. The number of alkyl halides is 5. The Morgan fingerprint density at radius 2 is 1.30 bits per heavy atom. The molecule has 2 saturated heterocycles. The highest BCUT2D eigenvalue weighted by atomic mass is 19.4. The number of amides is 12. The number of fused-ring (bicyclic) bond motifs is 3. The predicted octanol–water partition coefficient (Wildman–Crippen LogP) is 5.44. The number of carbonyl (C=O) groups is 12. The van der Waals surface area contributed by atoms with Crippen LogP contribution in [0.2, 0.25) is 0 Å². The van der Waals surface area contributed by atoms with Crippen LogP contribution in [0, 0.1) is 40.9 Å². The number of likely N-dealkylation sites (N-methyl/N-ethyl adjacent to an activating group) is 7. The van der Waals surface area contributed by atoms with Crippen molar-refractivity contribution < 1.29 is 89.0 Å². The van der Waals surface area contributed by atoms with Gasteiger partial charge in [0.05, 0.1) is 32.2 Å². The fraction of sp³-hybridized carbons (Fsp3) is 0.816. The highest BCUT2D eigenvalue weighted by Crippen LogP contribution is 2.50. The summed E-state index contributed by atoms with van der Waals surface area (Å²) in [5.41, 5.74) is -2.30. The second-order valence-corrected chi connectivity index (χ2v) is 32.7. The van der Waals surface area contributed by atoms with Gasteiger partial charge in [-0.2, -0.15) is 13.2 Å². The molecule has 7 aliphatic rings. The zero-order valence-electron chi connectivity index (χ0n) is 65.7. The van der Waals surface area contributed by atoms with Gasteiger partial charge in [-0.25, -0.2) is 8.78 Å². The molecule has 26 nitrogen and oxygen atoms in total. The third-order valence-corrected chi connectivity index (χ3v) is 23.9. The SMILES string of the molecule is CCOC[C@H]1C(=O)N[C@@H]([C@@H](C)CC)C(=O)N(C)CC(=O)N(C)[C@H]2C/C=C\CCN(C2=O)[C@@H](CC2CCC(C)CC2)C(=O)N(C)CC(=O)N[C@@H](CCC2CC(F)C(C(F)(F)F)C(F)C2)C(=O)N2C[C@H](OCC)C[C@H]2C(=O)NC2(CC(C)(C)C2)C(=O)N(C)[C@@H](C2CCCC2)C(=O)N(C)[C@H](C(=O)N(C)C)CC(=O)N1C. The number of nitrogens with one attached hydrogen (secondary N) is 3. The Labute approximate surface area is 628 Å². The zero-order chi connectivity index (χ0) is 79.5. The molecule has 2 bridgehead atoms. The van der Waals surface area contributed by atoms with Gasteiger partial charge in [-0.1, -0.05) is 91.7 Å². The van der Waals surface area contributed by atoms with Crippen LogP contribution in [0.15, 0.2) is 12.2 Å². The van der Waals surface area contributed by atoms with Gasteiger partial charge in [-0.15, -0.1) is 0 Å². The number of rotatable bonds is 14. The average Bonchev–Trinajstić information content (AvgIpc) is 1.47. The summed E-state index contributed by atoms with van der Waals surface area (Å²) in [6.45, 7) is 11.1. The van der Waals surface area contributed by atoms with Crippen molar-refractivity contribution in [1.82, 2.24) is 60.0 Å². The van der Waals surface area contributed by atoms with E-state index >= 15 is 37.5 Å². The lowest BCUT2D eigenvalue weighted by Crippen LogP contribution is -2.71. The van der Waals surface area contributed by atoms with Crippen molar-refractivity contribution in [3.63, 3.8) is 0 Å². The predicted molar refractivity (Wildman–Crippen MR) is 387 cm³/mol. The van der Waals surface area contributed by atoms with E-state index in [2.05, 4.69) is 22.9 Å². The lowest BCUT2D eigenvalue weighted by molar-refractivity contribution is -0.219. The molecule has 0 radical (unpaired) electrons. The van der Waals surface area contributed by atoms with Crippen LogP contribution in [0.25, 0.3) is 0 Å². The summed E-state index contributed by atoms with van der Waals surface area (Å²) in [5, 5.41) is 8.57. The summed E-state index contributed by atoms with van der Waals surface area (Å²) in [5.74, 6) is -13.5. The van der Waals surface area contributed by atoms with Gasteiger partial charge in [0.25, 0.3) is 0 Å². The van der Waals surface area contributed by atoms with E-state index < -0.39 is 217 Å². The van der Waals surface area contributed by atoms with Gasteiger partial charge < -0.3 is 69.5 Å². The maximum absolute atomic E-state index is 15.8. The lowest BCUT2D eigenvalue weighted by atomic mass is 9.58. The molecule has 4 saturated carbocycles. The Morgan fingerprint density at radius 1 is 0.673 bits per heavy atom. The fourth-order valence-corrected chi connectivity index (χ4v) is 17.5. The van der Waals surface area contributed by atoms with Crippen molar-refractivity contribution in [2.45, 2.75) is 255 Å². The van der Waals surface area contributed by atoms with Crippen LogP contribution in [0.5, 0.6) is 0 Å². The van der Waals surface area contributed by atoms with Gasteiger partial charge in [0, 0.05) is 89.1 Å². The summed E-state index contributed by atoms with van der Waals surface area (Å²) in [6.07, 6.45) is -4.17. The smallest absolute Gasteiger partial charge is 0.379 e. The molecule has 1 spiro atoms. The minimum absolute atomic E-state index is 0.00248. The maximum atomic E-state index is 15.8. The summed E-state index contributed by atoms with van der Waals surface area (Å²) < 4.78 is 84.9. The van der Waals surface area contributed by atoms with E-state index in [9.17, 15) is 41.9 Å². The number of hydrogen-bond donors (Lipinski definition) is 3. The van der Waals surface area contributed by atoms with Crippen LogP contribution in [-0.2, 0) is 67.0 Å². The lowest BCUT2D eigenvalue weighted by Gasteiger charge is -2.54. The summed E-state index contributed by atoms with van der Waals surface area (Å²) in [6, 6.07) is -11.0. The first-order chi connectivity index (χ1) is 50.2. The topological polar surface area (TPSA) is 289 Å². The Hall–Kier alpha value is -7.05. The van der Waals surface area contributed by atoms with E-state index in [4.69, 9.17) is 9.47 Å². The second-order valence-electron chi connectivity index (χ2n) is 32.7. The molecule has 2 unspecified atom stereocenters. The number of halogens is 5. The van der Waals surface area contributed by atoms with E-state index in [1.807, 2.05) is 19.9 Å². The highest BCUT2D eigenvalue weighted by Gasteiger charge is 2.60. The number of ether oxygens (including phenoxy) is 2. The van der Waals surface area contributed by atoms with Crippen molar-refractivity contribution >= 4 is 70.9 Å². The number of nitrogens with zero attached hydrogens (tertiary/aromatic N) is 9. The standard InChI is InChI=1S/C76H121F5N12O14/c1-16-46(5)63-71(103)87(11)41-61(96)88(12)54-26-20-19-23-33-92(70(54)102)57(36-47-29-27-45(4)28-30-47)69(101)86(10)40-59(94)82-53(32-31-48-34-51(77)62(52(78)35-48)76(79,80)81)67(99)93-39-50(107-18-3)37-55(93)66(98)84-75(43-74(6,7)44-75)73(105)91(15)64(49-24-21-22-25-49)72(104)90(14)56(68(100)85(8)9)38-60(95)89(13)58(42-106-17-2)65(97)83-63/h19-20,45-58,62-64H,16-18,21-44H2,1-15H3,(H,82,94)(H,83,97)(H,84,98)/b20-19-/t45?,46-,47?,48?,50+,51?,52?,53-,54-,55-,56-,57-,58-,62?,63-,64-/m0/s1. The molecule has 0 aromatic carbocycles. The van der Waals surface area contributed by atoms with Crippen molar-refractivity contribution in [3.05, 3.63) is 12.2 Å². The zero-order valence-corrected chi connectivity index (χ0v) is 65.7. The molecule has 3 N–H and O–H groups in total. The van der Waals surface area contributed by atoms with E-state index in [0.29, 0.717) is 44.4 Å². The fourth-order valence-electron chi connectivity index (χ4n) is 17.5. The highest BCUT2D eigenvalue weighted by molar-refractivity contribution is 6.01. The van der Waals surface area contributed by atoms with Crippen molar-refractivity contribution in [3.8, 4) is 0 Å². The minimum Gasteiger partial charge on any atom is -0.379 e. The maximum Gasteiger partial charge on any atom is 0.397 e. The molecule has 12 amide bonds. The van der Waals surface area contributed by atoms with E-state index in [-0.39, 0.29) is 77.4 Å². The van der Waals surface area contributed by atoms with E-state index in [1.54, 1.807) is 33.8 Å². The molecule has 7 rings (SSSR count). The molecule has 4 aliphatic carbocycles. The van der Waals surface area contributed by atoms with Crippen LogP contribution in [0.3, 0.4) is 0 Å². The van der Waals surface area contributed by atoms with Crippen molar-refractivity contribution in [2.24, 2.45) is 40.9 Å². The van der Waals surface area contributed by atoms with Crippen molar-refractivity contribution in [2.75, 3.05) is 102 Å². The first-order valence-electron chi connectivity index (χ1n) is 38.7. The van der Waals surface area contributed by atoms with Gasteiger partial charge in [0.15, 0.2) is 0 Å². The Kier molecular flexibility index (Phi) is 30.6. The molecule has 31 heteroatoms. The van der Waals surface area contributed by atoms with Crippen LogP contribution >= 0.6 is 0 Å². The monoisotopic (exact) mass is 1520 g/mol. The molecule has 604 valence electrons. The van der Waals surface area contributed by atoms with E-state index in [0.717, 1.165) is 45.3 Å². The van der Waals surface area contributed by atoms with E-state index in [1.165, 1.54) is 80.9 Å². The van der Waals surface area contributed by atoms with Crippen LogP contribution in [0.4, 0.5) is 22.0 Å². The Bertz CT molecular complexity index is 3180. The van der Waals surface area contributed by atoms with Gasteiger partial charge in [-0.05, 0) is 119 Å². The van der Waals surface area contributed by atoms with Crippen molar-refractivity contribution in [1.29, 1.82) is 0 Å². The van der Waals surface area contributed by atoms with Crippen LogP contribution in [0.1, 0.15) is 177 Å². The first kappa shape index (κ1) is 87.2. The largest absolute Gasteiger partial charge is 0.397 e. The summed E-state index contributed by atoms with van der Waals surface area (Å²) >= 11 is 0. The summed E-state index contributed by atoms with van der Waals surface area (Å²) in [4.78, 5) is 193. The molecule has 0 aromatic heterocycles. The molecule has 107 heavy (non-hydrogen) atoms. The van der Waals surface area contributed by atoms with Crippen LogP contribution < -0.4 is 16.0 Å². The molecule has 3 aliphatic heterocycles. The molecule has 3 heterocycles. The Balaban J connectivity index is 1.33. The third kappa shape index (κ3) is 21.3.